The number of ether oxygens (including phenoxy) is 1. The third-order valence-electron chi connectivity index (χ3n) is 4.13. The van der Waals surface area contributed by atoms with Crippen molar-refractivity contribution in [1.29, 1.82) is 0 Å². The number of carbonyl (C=O) groups is 1. The maximum Gasteiger partial charge on any atom is 0.416 e. The monoisotopic (exact) mass is 446 g/mol. The molecule has 7 nitrogen and oxygen atoms in total. The van der Waals surface area contributed by atoms with Gasteiger partial charge in [-0.25, -0.2) is 9.78 Å². The second-order valence-electron chi connectivity index (χ2n) is 6.31. The molecule has 0 aliphatic heterocycles. The highest BCUT2D eigenvalue weighted by Gasteiger charge is 2.30. The summed E-state index contributed by atoms with van der Waals surface area (Å²) in [6, 6.07) is 9.72. The van der Waals surface area contributed by atoms with E-state index in [-0.39, 0.29) is 18.3 Å². The average molecular weight is 446 g/mol. The fraction of sp³-hybridized carbons (Fsp3) is 0.150. The molecule has 4 aromatic rings. The van der Waals surface area contributed by atoms with Gasteiger partial charge < -0.3 is 9.26 Å². The van der Waals surface area contributed by atoms with Crippen LogP contribution in [0.25, 0.3) is 22.1 Å². The third-order valence-corrected chi connectivity index (χ3v) is 5.29. The normalized spacial score (nSPS) is 11.5. The van der Waals surface area contributed by atoms with Crippen molar-refractivity contribution < 1.29 is 27.2 Å². The van der Waals surface area contributed by atoms with Crippen molar-refractivity contribution in [1.82, 2.24) is 20.1 Å². The third kappa shape index (κ3) is 4.61. The quantitative estimate of drug-likeness (QED) is 0.401. The van der Waals surface area contributed by atoms with Crippen molar-refractivity contribution in [2.75, 3.05) is 0 Å². The summed E-state index contributed by atoms with van der Waals surface area (Å²) < 4.78 is 48.2. The molecule has 0 radical (unpaired) electrons. The Morgan fingerprint density at radius 1 is 1.13 bits per heavy atom. The number of pyridine rings is 1. The summed E-state index contributed by atoms with van der Waals surface area (Å²) in [6.07, 6.45) is -2.80. The highest BCUT2D eigenvalue weighted by Crippen LogP contribution is 2.30. The maximum atomic E-state index is 12.7. The summed E-state index contributed by atoms with van der Waals surface area (Å²) in [7, 11) is 0. The van der Waals surface area contributed by atoms with Crippen LogP contribution < -0.4 is 0 Å². The molecule has 0 saturated carbocycles. The number of esters is 1. The number of carbonyl (C=O) groups excluding carboxylic acids is 1. The summed E-state index contributed by atoms with van der Waals surface area (Å²) in [5, 5.41) is 4.30. The van der Waals surface area contributed by atoms with Gasteiger partial charge in [0.25, 0.3) is 5.89 Å². The predicted octanol–water partition coefficient (Wildman–Crippen LogP) is 4.94. The van der Waals surface area contributed by atoms with Gasteiger partial charge in [0.15, 0.2) is 6.61 Å². The van der Waals surface area contributed by atoms with Crippen LogP contribution >= 0.6 is 11.3 Å². The van der Waals surface area contributed by atoms with Crippen LogP contribution in [0.4, 0.5) is 13.2 Å². The fourth-order valence-corrected chi connectivity index (χ4v) is 3.55. The van der Waals surface area contributed by atoms with Crippen molar-refractivity contribution in [3.8, 4) is 22.1 Å². The minimum absolute atomic E-state index is 0.00960. The van der Waals surface area contributed by atoms with Gasteiger partial charge in [-0.3, -0.25) is 4.98 Å². The van der Waals surface area contributed by atoms with E-state index in [4.69, 9.17) is 9.26 Å². The molecule has 158 valence electrons. The molecule has 0 N–H and O–H groups in total. The topological polar surface area (TPSA) is 91.0 Å². The number of nitrogens with zero attached hydrogens (tertiary/aromatic N) is 4. The molecule has 0 bridgehead atoms. The average Bonchev–Trinajstić information content (AvgIpc) is 3.39. The van der Waals surface area contributed by atoms with Crippen molar-refractivity contribution >= 4 is 17.3 Å². The molecule has 0 aliphatic carbocycles. The first-order valence-electron chi connectivity index (χ1n) is 8.87. The van der Waals surface area contributed by atoms with Gasteiger partial charge in [-0.05, 0) is 31.2 Å². The van der Waals surface area contributed by atoms with Gasteiger partial charge in [-0.15, -0.1) is 11.3 Å². The second kappa shape index (κ2) is 8.26. The molecular formula is C20H13F3N4O3S. The Labute approximate surface area is 177 Å². The zero-order valence-electron chi connectivity index (χ0n) is 15.9. The smallest absolute Gasteiger partial charge is 0.416 e. The molecule has 0 amide bonds. The van der Waals surface area contributed by atoms with Crippen LogP contribution in [0.1, 0.15) is 26.8 Å². The largest absolute Gasteiger partial charge is 0.451 e. The van der Waals surface area contributed by atoms with Crippen LogP contribution in [0.15, 0.2) is 53.2 Å². The van der Waals surface area contributed by atoms with Crippen molar-refractivity contribution in [3.05, 3.63) is 70.7 Å². The first-order chi connectivity index (χ1) is 14.8. The van der Waals surface area contributed by atoms with E-state index in [1.807, 2.05) is 6.07 Å². The number of benzene rings is 1. The lowest BCUT2D eigenvalue weighted by molar-refractivity contribution is -0.137. The first-order valence-corrected chi connectivity index (χ1v) is 9.69. The molecular weight excluding hydrogens is 433 g/mol. The van der Waals surface area contributed by atoms with Gasteiger partial charge in [0.05, 0.1) is 17.0 Å². The zero-order chi connectivity index (χ0) is 22.0. The molecule has 0 atom stereocenters. The van der Waals surface area contributed by atoms with Crippen LogP contribution in [0.3, 0.4) is 0 Å². The number of alkyl halides is 3. The molecule has 0 fully saturated rings. The maximum absolute atomic E-state index is 12.7. The van der Waals surface area contributed by atoms with Gasteiger partial charge in [0.2, 0.25) is 5.82 Å². The van der Waals surface area contributed by atoms with Gasteiger partial charge in [0.1, 0.15) is 9.88 Å². The molecule has 1 aromatic carbocycles. The van der Waals surface area contributed by atoms with Gasteiger partial charge >= 0.3 is 12.1 Å². The molecule has 31 heavy (non-hydrogen) atoms. The SMILES string of the molecule is Cc1nc(-c2ccccn2)sc1C(=O)OCc1nc(-c2ccc(C(F)(F)F)cc2)no1. The minimum atomic E-state index is -4.43. The van der Waals surface area contributed by atoms with E-state index in [2.05, 4.69) is 20.1 Å². The van der Waals surface area contributed by atoms with E-state index in [0.717, 1.165) is 23.5 Å². The predicted molar refractivity (Wildman–Crippen MR) is 104 cm³/mol. The van der Waals surface area contributed by atoms with Gasteiger partial charge in [-0.2, -0.15) is 18.2 Å². The Hall–Kier alpha value is -3.60. The molecule has 3 aromatic heterocycles. The summed E-state index contributed by atoms with van der Waals surface area (Å²) in [5.74, 6) is -0.506. The fourth-order valence-electron chi connectivity index (χ4n) is 2.62. The molecule has 3 heterocycles. The van der Waals surface area contributed by atoms with Gasteiger partial charge in [-0.1, -0.05) is 23.4 Å². The summed E-state index contributed by atoms with van der Waals surface area (Å²) in [6.45, 7) is 1.40. The molecule has 0 aliphatic rings. The van der Waals surface area contributed by atoms with Crippen LogP contribution in [0, 0.1) is 6.92 Å². The molecule has 0 unspecified atom stereocenters. The van der Waals surface area contributed by atoms with Crippen molar-refractivity contribution in [2.24, 2.45) is 0 Å². The standard InChI is InChI=1S/C20H13F3N4O3S/c1-11-16(31-18(25-11)14-4-2-3-9-24-14)19(28)29-10-15-26-17(27-30-15)12-5-7-13(8-6-12)20(21,22)23/h2-9H,10H2,1H3. The number of aromatic nitrogens is 4. The Kier molecular flexibility index (Phi) is 5.51. The van der Waals surface area contributed by atoms with E-state index in [1.54, 1.807) is 25.3 Å². The minimum Gasteiger partial charge on any atom is -0.451 e. The number of halogens is 3. The van der Waals surface area contributed by atoms with Gasteiger partial charge in [0, 0.05) is 11.8 Å². The Morgan fingerprint density at radius 3 is 2.58 bits per heavy atom. The lowest BCUT2D eigenvalue weighted by atomic mass is 10.1. The first kappa shape index (κ1) is 20.7. The highest BCUT2D eigenvalue weighted by molar-refractivity contribution is 7.17. The highest BCUT2D eigenvalue weighted by atomic mass is 32.1. The Balaban J connectivity index is 1.42. The number of thiazole rings is 1. The molecule has 11 heteroatoms. The Bertz CT molecular complexity index is 1200. The van der Waals surface area contributed by atoms with E-state index >= 15 is 0 Å². The summed E-state index contributed by atoms with van der Waals surface area (Å²) in [5.41, 5.74) is 0.714. The second-order valence-corrected chi connectivity index (χ2v) is 7.31. The number of aryl methyl sites for hydroxylation is 1. The molecule has 0 spiro atoms. The molecule has 4 rings (SSSR count). The van der Waals surface area contributed by atoms with Crippen LogP contribution in [-0.4, -0.2) is 26.1 Å². The van der Waals surface area contributed by atoms with Crippen LogP contribution in [-0.2, 0) is 17.5 Å². The number of hydrogen-bond acceptors (Lipinski definition) is 8. The van der Waals surface area contributed by atoms with Crippen molar-refractivity contribution in [2.45, 2.75) is 19.7 Å². The van der Waals surface area contributed by atoms with Crippen LogP contribution in [0.5, 0.6) is 0 Å². The van der Waals surface area contributed by atoms with E-state index in [0.29, 0.717) is 26.8 Å². The lowest BCUT2D eigenvalue weighted by Gasteiger charge is -2.05. The number of rotatable bonds is 5. The van der Waals surface area contributed by atoms with Crippen molar-refractivity contribution in [3.63, 3.8) is 0 Å². The number of hydrogen-bond donors (Lipinski definition) is 0. The van der Waals surface area contributed by atoms with Crippen LogP contribution in [0.2, 0.25) is 0 Å². The van der Waals surface area contributed by atoms with E-state index < -0.39 is 17.7 Å². The Morgan fingerprint density at radius 2 is 1.90 bits per heavy atom. The summed E-state index contributed by atoms with van der Waals surface area (Å²) >= 11 is 1.15. The van der Waals surface area contributed by atoms with E-state index in [9.17, 15) is 18.0 Å². The van der Waals surface area contributed by atoms with E-state index in [1.165, 1.54) is 12.1 Å². The lowest BCUT2D eigenvalue weighted by Crippen LogP contribution is -2.05. The summed E-state index contributed by atoms with van der Waals surface area (Å²) in [4.78, 5) is 25.4. The zero-order valence-corrected chi connectivity index (χ0v) is 16.7. The molecule has 0 saturated heterocycles.